The van der Waals surface area contributed by atoms with Crippen LogP contribution in [0.5, 0.6) is 0 Å². The summed E-state index contributed by atoms with van der Waals surface area (Å²) in [5.41, 5.74) is 0. The zero-order valence-corrected chi connectivity index (χ0v) is 6.31. The Bertz CT molecular complexity index is 134. The van der Waals surface area contributed by atoms with E-state index in [4.69, 9.17) is 0 Å². The Balaban J connectivity index is 4.47. The molecule has 8 heteroatoms. The molecule has 0 saturated carbocycles. The van der Waals surface area contributed by atoms with Crippen molar-refractivity contribution in [1.82, 2.24) is 0 Å². The number of hydrogen-bond donors (Lipinski definition) is 0. The standard InChI is InChI=1S/C4H4F6OS/c5-1-3(7,8)12(11)4(9,10)2-6/h1-2H2. The van der Waals surface area contributed by atoms with Gasteiger partial charge in [-0.15, -0.1) is 0 Å². The minimum atomic E-state index is -4.70. The van der Waals surface area contributed by atoms with E-state index >= 15 is 0 Å². The molecule has 12 heavy (non-hydrogen) atoms. The van der Waals surface area contributed by atoms with E-state index < -0.39 is 35.0 Å². The average molecular weight is 214 g/mol. The van der Waals surface area contributed by atoms with Crippen molar-refractivity contribution in [2.24, 2.45) is 0 Å². The molecule has 0 unspecified atom stereocenters. The Morgan fingerprint density at radius 1 is 0.917 bits per heavy atom. The lowest BCUT2D eigenvalue weighted by molar-refractivity contribution is 0.0181. The second kappa shape index (κ2) is 3.73. The normalized spacial score (nSPS) is 14.0. The molecule has 0 atom stereocenters. The van der Waals surface area contributed by atoms with Gasteiger partial charge in [-0.05, 0) is 0 Å². The first-order valence-electron chi connectivity index (χ1n) is 2.57. The van der Waals surface area contributed by atoms with Crippen molar-refractivity contribution >= 4 is 11.2 Å². The topological polar surface area (TPSA) is 23.1 Å². The molecule has 0 spiro atoms. The Labute approximate surface area is 66.9 Å². The number of alkyl halides is 6. The summed E-state index contributed by atoms with van der Waals surface area (Å²) < 4.78 is 80.3. The van der Waals surface area contributed by atoms with E-state index in [1.165, 1.54) is 0 Å². The van der Waals surface area contributed by atoms with Crippen molar-refractivity contribution in [3.8, 4) is 0 Å². The fraction of sp³-hybridized carbons (Fsp3) is 1.00. The Hall–Kier alpha value is -0.110. The van der Waals surface area contributed by atoms with Crippen molar-refractivity contribution in [3.63, 3.8) is 0 Å². The van der Waals surface area contributed by atoms with Gasteiger partial charge in [-0.25, -0.2) is 8.78 Å². The van der Waals surface area contributed by atoms with E-state index in [9.17, 15) is 30.9 Å². The third-order valence-electron chi connectivity index (χ3n) is 0.854. The van der Waals surface area contributed by atoms with E-state index in [1.807, 2.05) is 0 Å². The van der Waals surface area contributed by atoms with Crippen LogP contribution in [0.25, 0.3) is 0 Å². The van der Waals surface area contributed by atoms with E-state index in [0.29, 0.717) is 0 Å². The van der Waals surface area contributed by atoms with Gasteiger partial charge in [0.2, 0.25) is 13.3 Å². The lowest BCUT2D eigenvalue weighted by Crippen LogP contribution is -2.44. The Morgan fingerprint density at radius 2 is 1.17 bits per heavy atom. The Morgan fingerprint density at radius 3 is 1.33 bits per heavy atom. The van der Waals surface area contributed by atoms with Gasteiger partial charge in [-0.1, -0.05) is 0 Å². The summed E-state index contributed by atoms with van der Waals surface area (Å²) in [4.78, 5) is 0. The summed E-state index contributed by atoms with van der Waals surface area (Å²) >= 11 is -4.16. The highest BCUT2D eigenvalue weighted by Crippen LogP contribution is 2.35. The van der Waals surface area contributed by atoms with Gasteiger partial charge < -0.3 is 4.55 Å². The number of hydrogen-bond acceptors (Lipinski definition) is 1. The second-order valence-corrected chi connectivity index (χ2v) is 3.54. The summed E-state index contributed by atoms with van der Waals surface area (Å²) in [6.07, 6.45) is 0. The van der Waals surface area contributed by atoms with Gasteiger partial charge in [0.05, 0.1) is 0 Å². The molecule has 0 fully saturated rings. The first kappa shape index (κ1) is 11.9. The van der Waals surface area contributed by atoms with Crippen molar-refractivity contribution in [1.29, 1.82) is 0 Å². The quantitative estimate of drug-likeness (QED) is 0.517. The third-order valence-corrected chi connectivity index (χ3v) is 2.16. The van der Waals surface area contributed by atoms with Crippen molar-refractivity contribution in [2.45, 2.75) is 10.5 Å². The monoisotopic (exact) mass is 214 g/mol. The lowest BCUT2D eigenvalue weighted by atomic mass is 10.8. The molecule has 0 radical (unpaired) electrons. The molecule has 0 aromatic rings. The van der Waals surface area contributed by atoms with Crippen LogP contribution in [0.3, 0.4) is 0 Å². The van der Waals surface area contributed by atoms with E-state index in [1.54, 1.807) is 0 Å². The van der Waals surface area contributed by atoms with E-state index in [-0.39, 0.29) is 0 Å². The van der Waals surface area contributed by atoms with Crippen LogP contribution in [0, 0.1) is 0 Å². The van der Waals surface area contributed by atoms with E-state index in [2.05, 4.69) is 0 Å². The van der Waals surface area contributed by atoms with Crippen LogP contribution in [0.1, 0.15) is 0 Å². The molecule has 0 aromatic heterocycles. The zero-order chi connectivity index (χ0) is 9.99. The maximum Gasteiger partial charge on any atom is 0.440 e. The predicted molar refractivity (Wildman–Crippen MR) is 30.0 cm³/mol. The summed E-state index contributed by atoms with van der Waals surface area (Å²) in [6, 6.07) is 0. The van der Waals surface area contributed by atoms with Crippen LogP contribution in [-0.2, 0) is 11.2 Å². The van der Waals surface area contributed by atoms with E-state index in [0.717, 1.165) is 0 Å². The van der Waals surface area contributed by atoms with Gasteiger partial charge >= 0.3 is 10.5 Å². The van der Waals surface area contributed by atoms with Crippen LogP contribution < -0.4 is 0 Å². The maximum absolute atomic E-state index is 11.9. The SMILES string of the molecule is [O-][S+](C(F)(F)CF)C(F)(F)CF. The van der Waals surface area contributed by atoms with Crippen LogP contribution in [0.4, 0.5) is 26.3 Å². The van der Waals surface area contributed by atoms with Crippen molar-refractivity contribution < 1.29 is 30.9 Å². The summed E-state index contributed by atoms with van der Waals surface area (Å²) in [5, 5.41) is -9.40. The minimum Gasteiger partial charge on any atom is -0.607 e. The average Bonchev–Trinajstić information content (AvgIpc) is 2.03. The fourth-order valence-corrected chi connectivity index (χ4v) is 0.953. The highest BCUT2D eigenvalue weighted by molar-refractivity contribution is 7.93. The molecule has 0 aliphatic rings. The molecule has 0 aliphatic carbocycles. The molecule has 0 rings (SSSR count). The van der Waals surface area contributed by atoms with Gasteiger partial charge in [0, 0.05) is 0 Å². The van der Waals surface area contributed by atoms with Gasteiger partial charge in [0.15, 0.2) is 0 Å². The largest absolute Gasteiger partial charge is 0.607 e. The first-order valence-corrected chi connectivity index (χ1v) is 3.72. The predicted octanol–water partition coefficient (Wildman–Crippen LogP) is 1.86. The van der Waals surface area contributed by atoms with Crippen molar-refractivity contribution in [3.05, 3.63) is 0 Å². The fourth-order valence-electron chi connectivity index (χ4n) is 0.318. The zero-order valence-electron chi connectivity index (χ0n) is 5.50. The molecule has 74 valence electrons. The Kier molecular flexibility index (Phi) is 3.70. The minimum absolute atomic E-state index is 2.50. The first-order chi connectivity index (χ1) is 5.28. The lowest BCUT2D eigenvalue weighted by Gasteiger charge is -2.22. The third kappa shape index (κ3) is 2.44. The molecular weight excluding hydrogens is 210 g/mol. The van der Waals surface area contributed by atoms with Crippen LogP contribution in [0.2, 0.25) is 0 Å². The van der Waals surface area contributed by atoms with Crippen LogP contribution in [0.15, 0.2) is 0 Å². The second-order valence-electron chi connectivity index (χ2n) is 1.81. The molecule has 0 amide bonds. The number of halogens is 6. The summed E-state index contributed by atoms with van der Waals surface area (Å²) in [7, 11) is 0. The smallest absolute Gasteiger partial charge is 0.440 e. The molecule has 1 nitrogen and oxygen atoms in total. The molecule has 0 heterocycles. The summed E-state index contributed by atoms with van der Waals surface area (Å²) in [5.74, 6) is 0. The highest BCUT2D eigenvalue weighted by atomic mass is 32.2. The molecule has 0 N–H and O–H groups in total. The van der Waals surface area contributed by atoms with Crippen LogP contribution in [-0.4, -0.2) is 28.4 Å². The highest BCUT2D eigenvalue weighted by Gasteiger charge is 2.59. The molecule has 0 aromatic carbocycles. The number of rotatable bonds is 4. The maximum atomic E-state index is 11.9. The van der Waals surface area contributed by atoms with Crippen LogP contribution >= 0.6 is 0 Å². The summed E-state index contributed by atoms with van der Waals surface area (Å²) in [6.45, 7) is -5.01. The van der Waals surface area contributed by atoms with Crippen molar-refractivity contribution in [2.75, 3.05) is 13.3 Å². The molecule has 0 saturated heterocycles. The van der Waals surface area contributed by atoms with Gasteiger partial charge in [0.25, 0.3) is 0 Å². The molecular formula is C4H4F6OS. The van der Waals surface area contributed by atoms with Gasteiger partial charge in [-0.3, -0.25) is 0 Å². The molecule has 0 aliphatic heterocycles. The van der Waals surface area contributed by atoms with Gasteiger partial charge in [-0.2, -0.15) is 17.6 Å². The molecule has 0 bridgehead atoms. The van der Waals surface area contributed by atoms with Gasteiger partial charge in [0.1, 0.15) is 11.2 Å².